The maximum atomic E-state index is 12.0. The van der Waals surface area contributed by atoms with Crippen molar-refractivity contribution in [3.05, 3.63) is 16.6 Å². The number of aromatic nitrogens is 1. The number of carbonyl (C=O) groups excluding carboxylic acids is 1. The largest absolute Gasteiger partial charge is 0.480 e. The van der Waals surface area contributed by atoms with Gasteiger partial charge >= 0.3 is 12.0 Å². The van der Waals surface area contributed by atoms with Gasteiger partial charge in [-0.2, -0.15) is 0 Å². The molecule has 2 amide bonds. The molecule has 20 heavy (non-hydrogen) atoms. The Bertz CT molecular complexity index is 452. The van der Waals surface area contributed by atoms with Gasteiger partial charge in [-0.1, -0.05) is 0 Å². The second kappa shape index (κ2) is 7.20. The number of hydrogen-bond donors (Lipinski definition) is 2. The van der Waals surface area contributed by atoms with Crippen LogP contribution in [0, 0.1) is 0 Å². The lowest BCUT2D eigenvalue weighted by atomic mass is 10.4. The first-order valence-electron chi connectivity index (χ1n) is 6.50. The maximum Gasteiger partial charge on any atom is 0.317 e. The Morgan fingerprint density at radius 3 is 2.90 bits per heavy atom. The molecule has 1 aliphatic heterocycles. The zero-order chi connectivity index (χ0) is 14.4. The summed E-state index contributed by atoms with van der Waals surface area (Å²) >= 11 is 1.51. The quantitative estimate of drug-likeness (QED) is 0.842. The van der Waals surface area contributed by atoms with Crippen molar-refractivity contribution in [2.75, 3.05) is 32.7 Å². The van der Waals surface area contributed by atoms with Crippen LogP contribution in [0.3, 0.4) is 0 Å². The summed E-state index contributed by atoms with van der Waals surface area (Å²) in [7, 11) is 0. The summed E-state index contributed by atoms with van der Waals surface area (Å²) in [5, 5.41) is 14.4. The fourth-order valence-corrected chi connectivity index (χ4v) is 2.68. The maximum absolute atomic E-state index is 12.0. The molecule has 0 atom stereocenters. The molecule has 0 aliphatic carbocycles. The Hall–Kier alpha value is -1.67. The van der Waals surface area contributed by atoms with Crippen LogP contribution in [-0.4, -0.2) is 64.6 Å². The summed E-state index contributed by atoms with van der Waals surface area (Å²) in [5.74, 6) is -0.827. The fraction of sp³-hybridized carbons (Fsp3) is 0.583. The van der Waals surface area contributed by atoms with E-state index in [1.807, 2.05) is 10.3 Å². The lowest BCUT2D eigenvalue weighted by molar-refractivity contribution is -0.138. The predicted molar refractivity (Wildman–Crippen MR) is 74.6 cm³/mol. The van der Waals surface area contributed by atoms with Crippen LogP contribution in [0.4, 0.5) is 4.79 Å². The van der Waals surface area contributed by atoms with E-state index >= 15 is 0 Å². The summed E-state index contributed by atoms with van der Waals surface area (Å²) in [5.41, 5.74) is 0. The van der Waals surface area contributed by atoms with E-state index in [9.17, 15) is 9.59 Å². The summed E-state index contributed by atoms with van der Waals surface area (Å²) in [6.45, 7) is 2.98. The van der Waals surface area contributed by atoms with Crippen molar-refractivity contribution in [2.24, 2.45) is 0 Å². The molecule has 0 unspecified atom stereocenters. The predicted octanol–water partition coefficient (Wildman–Crippen LogP) is 0.445. The van der Waals surface area contributed by atoms with Crippen LogP contribution in [0.1, 0.15) is 11.4 Å². The average molecular weight is 298 g/mol. The Labute approximate surface area is 121 Å². The van der Waals surface area contributed by atoms with Crippen molar-refractivity contribution in [1.82, 2.24) is 20.1 Å². The van der Waals surface area contributed by atoms with E-state index in [-0.39, 0.29) is 12.6 Å². The summed E-state index contributed by atoms with van der Waals surface area (Å²) in [6, 6.07) is -0.114. The first-order valence-corrected chi connectivity index (χ1v) is 7.38. The third-order valence-corrected chi connectivity index (χ3v) is 3.89. The first kappa shape index (κ1) is 14.7. The highest BCUT2D eigenvalue weighted by molar-refractivity contribution is 7.09. The number of nitrogens with zero attached hydrogens (tertiary/aromatic N) is 3. The smallest absolute Gasteiger partial charge is 0.317 e. The fourth-order valence-electron chi connectivity index (χ4n) is 2.13. The minimum absolute atomic E-state index is 0.0363. The van der Waals surface area contributed by atoms with Gasteiger partial charge < -0.3 is 15.3 Å². The molecule has 2 rings (SSSR count). The molecule has 1 aromatic heterocycles. The number of aliphatic carboxylic acids is 1. The Kier molecular flexibility index (Phi) is 5.31. The van der Waals surface area contributed by atoms with E-state index in [2.05, 4.69) is 10.3 Å². The van der Waals surface area contributed by atoms with E-state index in [0.29, 0.717) is 32.7 Å². The highest BCUT2D eigenvalue weighted by Crippen LogP contribution is 2.05. The molecule has 1 saturated heterocycles. The van der Waals surface area contributed by atoms with E-state index in [4.69, 9.17) is 5.11 Å². The van der Waals surface area contributed by atoms with E-state index in [0.717, 1.165) is 11.4 Å². The van der Waals surface area contributed by atoms with Crippen molar-refractivity contribution >= 4 is 23.3 Å². The van der Waals surface area contributed by atoms with Crippen molar-refractivity contribution in [3.63, 3.8) is 0 Å². The summed E-state index contributed by atoms with van der Waals surface area (Å²) < 4.78 is 0. The molecule has 2 heterocycles. The van der Waals surface area contributed by atoms with Gasteiger partial charge in [0, 0.05) is 37.8 Å². The summed E-state index contributed by atoms with van der Waals surface area (Å²) in [4.78, 5) is 30.4. The van der Waals surface area contributed by atoms with Crippen molar-refractivity contribution in [3.8, 4) is 0 Å². The second-order valence-corrected chi connectivity index (χ2v) is 5.57. The highest BCUT2D eigenvalue weighted by atomic mass is 32.1. The monoisotopic (exact) mass is 298 g/mol. The molecule has 1 aliphatic rings. The normalized spacial score (nSPS) is 16.7. The van der Waals surface area contributed by atoms with Gasteiger partial charge in [-0.05, 0) is 6.42 Å². The Morgan fingerprint density at radius 1 is 1.35 bits per heavy atom. The van der Waals surface area contributed by atoms with Crippen LogP contribution in [-0.2, 0) is 11.3 Å². The standard InChI is InChI=1S/C12H18N4O3S/c17-11(18)9-15-3-1-4-16(6-5-15)12(19)14-8-10-13-2-7-20-10/h2,7H,1,3-6,8-9H2,(H,14,19)(H,17,18). The van der Waals surface area contributed by atoms with Gasteiger partial charge in [0.15, 0.2) is 0 Å². The number of carboxylic acid groups (broad SMARTS) is 1. The number of thiazole rings is 1. The molecule has 0 spiro atoms. The van der Waals surface area contributed by atoms with Crippen molar-refractivity contribution < 1.29 is 14.7 Å². The molecule has 0 aromatic carbocycles. The molecule has 0 bridgehead atoms. The van der Waals surface area contributed by atoms with E-state index < -0.39 is 5.97 Å². The molecule has 2 N–H and O–H groups in total. The van der Waals surface area contributed by atoms with Gasteiger partial charge in [0.1, 0.15) is 5.01 Å². The molecule has 8 heteroatoms. The summed E-state index contributed by atoms with van der Waals surface area (Å²) in [6.07, 6.45) is 2.50. The van der Waals surface area contributed by atoms with Crippen LogP contribution in [0.25, 0.3) is 0 Å². The molecule has 7 nitrogen and oxygen atoms in total. The van der Waals surface area contributed by atoms with Gasteiger partial charge in [-0.25, -0.2) is 9.78 Å². The topological polar surface area (TPSA) is 85.8 Å². The average Bonchev–Trinajstić information content (AvgIpc) is 2.82. The number of carboxylic acids is 1. The van der Waals surface area contributed by atoms with Crippen LogP contribution in [0.2, 0.25) is 0 Å². The van der Waals surface area contributed by atoms with E-state index in [1.54, 1.807) is 11.1 Å². The van der Waals surface area contributed by atoms with Crippen molar-refractivity contribution in [2.45, 2.75) is 13.0 Å². The molecule has 1 aromatic rings. The first-order chi connectivity index (χ1) is 9.65. The number of nitrogens with one attached hydrogen (secondary N) is 1. The molecular weight excluding hydrogens is 280 g/mol. The third-order valence-electron chi connectivity index (χ3n) is 3.11. The molecule has 0 radical (unpaired) electrons. The Morgan fingerprint density at radius 2 is 2.20 bits per heavy atom. The van der Waals surface area contributed by atoms with Crippen LogP contribution >= 0.6 is 11.3 Å². The third kappa shape index (κ3) is 4.46. The van der Waals surface area contributed by atoms with Gasteiger partial charge in [-0.15, -0.1) is 11.3 Å². The lowest BCUT2D eigenvalue weighted by Gasteiger charge is -2.21. The highest BCUT2D eigenvalue weighted by Gasteiger charge is 2.20. The zero-order valence-corrected chi connectivity index (χ0v) is 11.9. The lowest BCUT2D eigenvalue weighted by Crippen LogP contribution is -2.42. The molecular formula is C12H18N4O3S. The SMILES string of the molecule is O=C(O)CN1CCCN(C(=O)NCc2nccs2)CC1. The van der Waals surface area contributed by atoms with Gasteiger partial charge in [0.25, 0.3) is 0 Å². The van der Waals surface area contributed by atoms with Crippen LogP contribution in [0.15, 0.2) is 11.6 Å². The minimum atomic E-state index is -0.827. The number of carbonyl (C=O) groups is 2. The molecule has 0 saturated carbocycles. The Balaban J connectivity index is 1.77. The van der Waals surface area contributed by atoms with Gasteiger partial charge in [0.05, 0.1) is 13.1 Å². The number of urea groups is 1. The zero-order valence-electron chi connectivity index (χ0n) is 11.1. The second-order valence-electron chi connectivity index (χ2n) is 4.60. The number of amides is 2. The van der Waals surface area contributed by atoms with Gasteiger partial charge in [0.2, 0.25) is 0 Å². The number of rotatable bonds is 4. The molecule has 110 valence electrons. The van der Waals surface area contributed by atoms with Crippen LogP contribution in [0.5, 0.6) is 0 Å². The van der Waals surface area contributed by atoms with Crippen LogP contribution < -0.4 is 5.32 Å². The van der Waals surface area contributed by atoms with Gasteiger partial charge in [-0.3, -0.25) is 9.69 Å². The minimum Gasteiger partial charge on any atom is -0.480 e. The number of hydrogen-bond acceptors (Lipinski definition) is 5. The van der Waals surface area contributed by atoms with Crippen molar-refractivity contribution in [1.29, 1.82) is 0 Å². The molecule has 1 fully saturated rings. The van der Waals surface area contributed by atoms with E-state index in [1.165, 1.54) is 11.3 Å².